The highest BCUT2D eigenvalue weighted by Crippen LogP contribution is 2.41. The van der Waals surface area contributed by atoms with Crippen molar-refractivity contribution in [3.8, 4) is 5.75 Å². The predicted molar refractivity (Wildman–Crippen MR) is 70.2 cm³/mol. The van der Waals surface area contributed by atoms with E-state index in [1.807, 2.05) is 25.7 Å². The van der Waals surface area contributed by atoms with Gasteiger partial charge in [0.15, 0.2) is 0 Å². The molecule has 0 saturated carbocycles. The summed E-state index contributed by atoms with van der Waals surface area (Å²) in [4.78, 5) is 0. The lowest BCUT2D eigenvalue weighted by Gasteiger charge is -2.31. The molecule has 2 rings (SSSR count). The van der Waals surface area contributed by atoms with Crippen molar-refractivity contribution in [1.29, 1.82) is 0 Å². The summed E-state index contributed by atoms with van der Waals surface area (Å²) in [5.41, 5.74) is 2.77. The Hall–Kier alpha value is -0.670. The molecule has 1 aromatic rings. The first-order chi connectivity index (χ1) is 7.77. The molecular weight excluding hydrogens is 218 g/mol. The molecule has 1 aliphatic heterocycles. The minimum absolute atomic E-state index is 0.439. The summed E-state index contributed by atoms with van der Waals surface area (Å²) in [5, 5.41) is 4.02. The van der Waals surface area contributed by atoms with Gasteiger partial charge in [0, 0.05) is 22.6 Å². The highest BCUT2D eigenvalue weighted by Gasteiger charge is 2.27. The Morgan fingerprint density at radius 2 is 2.31 bits per heavy atom. The van der Waals surface area contributed by atoms with Crippen LogP contribution >= 0.6 is 11.8 Å². The van der Waals surface area contributed by atoms with E-state index in [0.29, 0.717) is 11.3 Å². The topological polar surface area (TPSA) is 21.3 Å². The summed E-state index contributed by atoms with van der Waals surface area (Å²) in [6, 6.07) is 6.83. The SMILES string of the molecule is CCOc1cccc2c1CSC(C)C2NC. The number of ether oxygens (including phenoxy) is 1. The number of hydrogen-bond donors (Lipinski definition) is 1. The fourth-order valence-corrected chi connectivity index (χ4v) is 3.49. The fraction of sp³-hybridized carbons (Fsp3) is 0.538. The van der Waals surface area contributed by atoms with Crippen molar-refractivity contribution < 1.29 is 4.74 Å². The maximum atomic E-state index is 5.69. The van der Waals surface area contributed by atoms with Gasteiger partial charge in [-0.05, 0) is 25.6 Å². The van der Waals surface area contributed by atoms with Crippen LogP contribution in [-0.2, 0) is 5.75 Å². The average Bonchev–Trinajstić information content (AvgIpc) is 2.29. The first kappa shape index (κ1) is 11.8. The van der Waals surface area contributed by atoms with E-state index < -0.39 is 0 Å². The zero-order valence-corrected chi connectivity index (χ0v) is 10.9. The van der Waals surface area contributed by atoms with Gasteiger partial charge in [-0.2, -0.15) is 11.8 Å². The Morgan fingerprint density at radius 1 is 1.50 bits per heavy atom. The fourth-order valence-electron chi connectivity index (χ4n) is 2.27. The summed E-state index contributed by atoms with van der Waals surface area (Å²) in [6.45, 7) is 5.05. The van der Waals surface area contributed by atoms with Crippen LogP contribution in [0.15, 0.2) is 18.2 Å². The van der Waals surface area contributed by atoms with Crippen LogP contribution in [0.2, 0.25) is 0 Å². The van der Waals surface area contributed by atoms with Gasteiger partial charge >= 0.3 is 0 Å². The Balaban J connectivity index is 2.39. The second kappa shape index (κ2) is 5.11. The van der Waals surface area contributed by atoms with Gasteiger partial charge in [-0.15, -0.1) is 0 Å². The Kier molecular flexibility index (Phi) is 3.77. The summed E-state index contributed by atoms with van der Waals surface area (Å²) in [6.07, 6.45) is 0. The third-order valence-corrected chi connectivity index (χ3v) is 4.33. The van der Waals surface area contributed by atoms with Crippen LogP contribution in [0, 0.1) is 0 Å². The molecule has 1 heterocycles. The lowest BCUT2D eigenvalue weighted by atomic mass is 9.97. The van der Waals surface area contributed by atoms with Gasteiger partial charge < -0.3 is 10.1 Å². The van der Waals surface area contributed by atoms with Crippen LogP contribution in [0.1, 0.15) is 31.0 Å². The summed E-state index contributed by atoms with van der Waals surface area (Å²) < 4.78 is 5.69. The van der Waals surface area contributed by atoms with Crippen molar-refractivity contribution in [2.45, 2.75) is 30.9 Å². The van der Waals surface area contributed by atoms with E-state index in [1.54, 1.807) is 0 Å². The molecule has 2 nitrogen and oxygen atoms in total. The van der Waals surface area contributed by atoms with Crippen LogP contribution in [0.25, 0.3) is 0 Å². The quantitative estimate of drug-likeness (QED) is 0.873. The van der Waals surface area contributed by atoms with Crippen molar-refractivity contribution in [3.05, 3.63) is 29.3 Å². The molecule has 0 spiro atoms. The van der Waals surface area contributed by atoms with E-state index in [9.17, 15) is 0 Å². The van der Waals surface area contributed by atoms with Crippen molar-refractivity contribution in [1.82, 2.24) is 5.32 Å². The highest BCUT2D eigenvalue weighted by molar-refractivity contribution is 7.99. The molecule has 0 aliphatic carbocycles. The molecule has 3 heteroatoms. The number of fused-ring (bicyclic) bond motifs is 1. The van der Waals surface area contributed by atoms with E-state index in [1.165, 1.54) is 11.1 Å². The largest absolute Gasteiger partial charge is 0.494 e. The first-order valence-electron chi connectivity index (χ1n) is 5.81. The molecule has 2 atom stereocenters. The molecule has 2 unspecified atom stereocenters. The van der Waals surface area contributed by atoms with E-state index in [2.05, 4.69) is 30.4 Å². The predicted octanol–water partition coefficient (Wildman–Crippen LogP) is 2.98. The van der Waals surface area contributed by atoms with Gasteiger partial charge in [0.1, 0.15) is 5.75 Å². The monoisotopic (exact) mass is 237 g/mol. The van der Waals surface area contributed by atoms with Gasteiger partial charge in [-0.25, -0.2) is 0 Å². The Bertz CT molecular complexity index is 367. The minimum atomic E-state index is 0.439. The van der Waals surface area contributed by atoms with Crippen LogP contribution in [0.5, 0.6) is 5.75 Å². The van der Waals surface area contributed by atoms with Crippen LogP contribution < -0.4 is 10.1 Å². The number of rotatable bonds is 3. The number of benzene rings is 1. The van der Waals surface area contributed by atoms with Gasteiger partial charge in [-0.3, -0.25) is 0 Å². The number of hydrogen-bond acceptors (Lipinski definition) is 3. The molecule has 0 fully saturated rings. The lowest BCUT2D eigenvalue weighted by molar-refractivity contribution is 0.336. The summed E-state index contributed by atoms with van der Waals surface area (Å²) >= 11 is 1.99. The zero-order chi connectivity index (χ0) is 11.5. The first-order valence-corrected chi connectivity index (χ1v) is 6.86. The maximum absolute atomic E-state index is 5.69. The normalized spacial score (nSPS) is 23.9. The van der Waals surface area contributed by atoms with Gasteiger partial charge in [-0.1, -0.05) is 19.1 Å². The van der Waals surface area contributed by atoms with Crippen LogP contribution in [0.3, 0.4) is 0 Å². The summed E-state index contributed by atoms with van der Waals surface area (Å²) in [5.74, 6) is 2.12. The second-order valence-electron chi connectivity index (χ2n) is 4.04. The van der Waals surface area contributed by atoms with E-state index in [-0.39, 0.29) is 0 Å². The zero-order valence-electron chi connectivity index (χ0n) is 10.1. The third kappa shape index (κ3) is 2.06. The van der Waals surface area contributed by atoms with E-state index in [0.717, 1.165) is 18.1 Å². The molecule has 0 amide bonds. The van der Waals surface area contributed by atoms with Crippen molar-refractivity contribution in [3.63, 3.8) is 0 Å². The van der Waals surface area contributed by atoms with Crippen LogP contribution in [0.4, 0.5) is 0 Å². The smallest absolute Gasteiger partial charge is 0.123 e. The molecule has 88 valence electrons. The molecule has 16 heavy (non-hydrogen) atoms. The van der Waals surface area contributed by atoms with Gasteiger partial charge in [0.05, 0.1) is 6.61 Å². The molecule has 0 bridgehead atoms. The standard InChI is InChI=1S/C13H19NOS/c1-4-15-12-7-5-6-10-11(12)8-16-9(2)13(10)14-3/h5-7,9,13-14H,4,8H2,1-3H3. The minimum Gasteiger partial charge on any atom is -0.494 e. The van der Waals surface area contributed by atoms with Crippen LogP contribution in [-0.4, -0.2) is 18.9 Å². The third-order valence-electron chi connectivity index (χ3n) is 3.08. The molecule has 0 aromatic heterocycles. The van der Waals surface area contributed by atoms with Gasteiger partial charge in [0.25, 0.3) is 0 Å². The summed E-state index contributed by atoms with van der Waals surface area (Å²) in [7, 11) is 2.03. The lowest BCUT2D eigenvalue weighted by Crippen LogP contribution is -2.29. The Labute approximate surface area is 102 Å². The van der Waals surface area contributed by atoms with E-state index in [4.69, 9.17) is 4.74 Å². The molecular formula is C13H19NOS. The molecule has 0 radical (unpaired) electrons. The average molecular weight is 237 g/mol. The van der Waals surface area contributed by atoms with Gasteiger partial charge in [0.2, 0.25) is 0 Å². The molecule has 1 N–H and O–H groups in total. The Morgan fingerprint density at radius 3 is 3.00 bits per heavy atom. The van der Waals surface area contributed by atoms with Crippen molar-refractivity contribution in [2.24, 2.45) is 0 Å². The van der Waals surface area contributed by atoms with Crippen molar-refractivity contribution in [2.75, 3.05) is 13.7 Å². The second-order valence-corrected chi connectivity index (χ2v) is 5.40. The number of nitrogens with one attached hydrogen (secondary N) is 1. The molecule has 1 aromatic carbocycles. The molecule has 0 saturated heterocycles. The van der Waals surface area contributed by atoms with Crippen molar-refractivity contribution >= 4 is 11.8 Å². The highest BCUT2D eigenvalue weighted by atomic mass is 32.2. The number of thioether (sulfide) groups is 1. The maximum Gasteiger partial charge on any atom is 0.123 e. The molecule has 1 aliphatic rings. The van der Waals surface area contributed by atoms with E-state index >= 15 is 0 Å².